The van der Waals surface area contributed by atoms with Gasteiger partial charge in [0.2, 0.25) is 0 Å². The zero-order valence-electron chi connectivity index (χ0n) is 14.5. The molecule has 1 amide bonds. The normalized spacial score (nSPS) is 10.2. The molecule has 0 fully saturated rings. The molecule has 2 aromatic rings. The van der Waals surface area contributed by atoms with Gasteiger partial charge in [-0.25, -0.2) is 0 Å². The van der Waals surface area contributed by atoms with Crippen LogP contribution in [0.2, 0.25) is 0 Å². The number of methoxy groups -OCH3 is 1. The SMILES string of the molecule is CCOc1ccc(NC(=O)COc2ccc(C)c(C)c2)cc1OC. The van der Waals surface area contributed by atoms with Gasteiger partial charge in [0.1, 0.15) is 5.75 Å². The Morgan fingerprint density at radius 3 is 2.46 bits per heavy atom. The van der Waals surface area contributed by atoms with Crippen LogP contribution in [-0.4, -0.2) is 26.2 Å². The summed E-state index contributed by atoms with van der Waals surface area (Å²) in [7, 11) is 1.56. The van der Waals surface area contributed by atoms with E-state index in [0.29, 0.717) is 29.5 Å². The molecule has 0 aromatic heterocycles. The predicted octanol–water partition coefficient (Wildman–Crippen LogP) is 3.73. The Labute approximate surface area is 142 Å². The first kappa shape index (κ1) is 17.7. The lowest BCUT2D eigenvalue weighted by Gasteiger charge is -2.12. The molecule has 5 nitrogen and oxygen atoms in total. The van der Waals surface area contributed by atoms with Crippen molar-refractivity contribution >= 4 is 11.6 Å². The molecule has 0 spiro atoms. The first-order valence-electron chi connectivity index (χ1n) is 7.84. The van der Waals surface area contributed by atoms with E-state index in [2.05, 4.69) is 5.32 Å². The molecule has 0 bridgehead atoms. The predicted molar refractivity (Wildman–Crippen MR) is 94.2 cm³/mol. The summed E-state index contributed by atoms with van der Waals surface area (Å²) < 4.78 is 16.2. The zero-order chi connectivity index (χ0) is 17.5. The van der Waals surface area contributed by atoms with Gasteiger partial charge in [0, 0.05) is 11.8 Å². The number of anilines is 1. The van der Waals surface area contributed by atoms with Gasteiger partial charge in [0.05, 0.1) is 13.7 Å². The van der Waals surface area contributed by atoms with Crippen molar-refractivity contribution in [2.45, 2.75) is 20.8 Å². The van der Waals surface area contributed by atoms with Crippen LogP contribution in [-0.2, 0) is 4.79 Å². The Morgan fingerprint density at radius 1 is 1.00 bits per heavy atom. The van der Waals surface area contributed by atoms with E-state index in [9.17, 15) is 4.79 Å². The van der Waals surface area contributed by atoms with E-state index in [4.69, 9.17) is 14.2 Å². The van der Waals surface area contributed by atoms with Crippen LogP contribution >= 0.6 is 0 Å². The molecule has 128 valence electrons. The summed E-state index contributed by atoms with van der Waals surface area (Å²) in [5.41, 5.74) is 2.95. The van der Waals surface area contributed by atoms with Crippen molar-refractivity contribution in [3.63, 3.8) is 0 Å². The number of hydrogen-bond acceptors (Lipinski definition) is 4. The molecule has 0 aliphatic rings. The maximum atomic E-state index is 12.0. The summed E-state index contributed by atoms with van der Waals surface area (Å²) >= 11 is 0. The largest absolute Gasteiger partial charge is 0.493 e. The average molecular weight is 329 g/mol. The van der Waals surface area contributed by atoms with Crippen molar-refractivity contribution in [2.75, 3.05) is 25.6 Å². The van der Waals surface area contributed by atoms with Crippen LogP contribution in [0.4, 0.5) is 5.69 Å². The smallest absolute Gasteiger partial charge is 0.262 e. The third-order valence-electron chi connectivity index (χ3n) is 3.60. The highest BCUT2D eigenvalue weighted by molar-refractivity contribution is 5.92. The molecule has 0 saturated carbocycles. The van der Waals surface area contributed by atoms with Gasteiger partial charge < -0.3 is 19.5 Å². The Hall–Kier alpha value is -2.69. The van der Waals surface area contributed by atoms with Gasteiger partial charge >= 0.3 is 0 Å². The topological polar surface area (TPSA) is 56.8 Å². The Bertz CT molecular complexity index is 713. The lowest BCUT2D eigenvalue weighted by Crippen LogP contribution is -2.20. The number of aryl methyl sites for hydroxylation is 2. The Morgan fingerprint density at radius 2 is 1.79 bits per heavy atom. The minimum atomic E-state index is -0.237. The number of rotatable bonds is 7. The van der Waals surface area contributed by atoms with Crippen LogP contribution in [0.3, 0.4) is 0 Å². The lowest BCUT2D eigenvalue weighted by molar-refractivity contribution is -0.118. The number of amides is 1. The number of ether oxygens (including phenoxy) is 3. The Balaban J connectivity index is 1.95. The van der Waals surface area contributed by atoms with Crippen LogP contribution in [0.25, 0.3) is 0 Å². The third-order valence-corrected chi connectivity index (χ3v) is 3.60. The van der Waals surface area contributed by atoms with Crippen molar-refractivity contribution in [3.8, 4) is 17.2 Å². The molecule has 0 saturated heterocycles. The molecule has 5 heteroatoms. The second-order valence-corrected chi connectivity index (χ2v) is 5.38. The second kappa shape index (κ2) is 8.24. The van der Waals surface area contributed by atoms with Gasteiger partial charge in [0.25, 0.3) is 5.91 Å². The van der Waals surface area contributed by atoms with E-state index in [1.165, 1.54) is 5.56 Å². The summed E-state index contributed by atoms with van der Waals surface area (Å²) in [6, 6.07) is 11.0. The highest BCUT2D eigenvalue weighted by Gasteiger charge is 2.09. The quantitative estimate of drug-likeness (QED) is 0.841. The van der Waals surface area contributed by atoms with E-state index >= 15 is 0 Å². The van der Waals surface area contributed by atoms with Crippen molar-refractivity contribution in [1.82, 2.24) is 0 Å². The number of nitrogens with one attached hydrogen (secondary N) is 1. The summed E-state index contributed by atoms with van der Waals surface area (Å²) in [5.74, 6) is 1.66. The van der Waals surface area contributed by atoms with Crippen LogP contribution in [0.5, 0.6) is 17.2 Å². The van der Waals surface area contributed by atoms with Crippen LogP contribution in [0.15, 0.2) is 36.4 Å². The van der Waals surface area contributed by atoms with Crippen molar-refractivity contribution < 1.29 is 19.0 Å². The summed E-state index contributed by atoms with van der Waals surface area (Å²) in [4.78, 5) is 12.0. The number of carbonyl (C=O) groups is 1. The maximum Gasteiger partial charge on any atom is 0.262 e. The summed E-state index contributed by atoms with van der Waals surface area (Å²) in [6.07, 6.45) is 0. The van der Waals surface area contributed by atoms with Crippen LogP contribution < -0.4 is 19.5 Å². The molecule has 1 N–H and O–H groups in total. The fraction of sp³-hybridized carbons (Fsp3) is 0.316. The van der Waals surface area contributed by atoms with Crippen molar-refractivity contribution in [3.05, 3.63) is 47.5 Å². The second-order valence-electron chi connectivity index (χ2n) is 5.38. The maximum absolute atomic E-state index is 12.0. The van der Waals surface area contributed by atoms with Gasteiger partial charge in [-0.1, -0.05) is 6.07 Å². The standard InChI is InChI=1S/C19H23NO4/c1-5-23-17-9-7-15(11-18(17)22-4)20-19(21)12-24-16-8-6-13(2)14(3)10-16/h6-11H,5,12H2,1-4H3,(H,20,21). The monoisotopic (exact) mass is 329 g/mol. The van der Waals surface area contributed by atoms with Gasteiger partial charge in [-0.2, -0.15) is 0 Å². The van der Waals surface area contributed by atoms with Crippen LogP contribution in [0.1, 0.15) is 18.1 Å². The molecule has 0 radical (unpaired) electrons. The first-order valence-corrected chi connectivity index (χ1v) is 7.84. The molecular formula is C19H23NO4. The molecule has 0 aliphatic heterocycles. The van der Waals surface area contributed by atoms with Crippen molar-refractivity contribution in [2.24, 2.45) is 0 Å². The van der Waals surface area contributed by atoms with Gasteiger partial charge in [-0.05, 0) is 56.2 Å². The highest BCUT2D eigenvalue weighted by atomic mass is 16.5. The average Bonchev–Trinajstić information content (AvgIpc) is 2.57. The molecular weight excluding hydrogens is 306 g/mol. The molecule has 24 heavy (non-hydrogen) atoms. The summed E-state index contributed by atoms with van der Waals surface area (Å²) in [5, 5.41) is 2.78. The molecule has 0 unspecified atom stereocenters. The van der Waals surface area contributed by atoms with E-state index in [1.54, 1.807) is 25.3 Å². The number of benzene rings is 2. The third kappa shape index (κ3) is 4.65. The van der Waals surface area contributed by atoms with Gasteiger partial charge in [-0.3, -0.25) is 4.79 Å². The van der Waals surface area contributed by atoms with Gasteiger partial charge in [0.15, 0.2) is 18.1 Å². The zero-order valence-corrected chi connectivity index (χ0v) is 14.5. The molecule has 0 atom stereocenters. The molecule has 2 aromatic carbocycles. The molecule has 0 aliphatic carbocycles. The highest BCUT2D eigenvalue weighted by Crippen LogP contribution is 2.30. The summed E-state index contributed by atoms with van der Waals surface area (Å²) in [6.45, 7) is 6.43. The van der Waals surface area contributed by atoms with E-state index in [0.717, 1.165) is 5.56 Å². The van der Waals surface area contributed by atoms with Crippen molar-refractivity contribution in [1.29, 1.82) is 0 Å². The van der Waals surface area contributed by atoms with E-state index < -0.39 is 0 Å². The van der Waals surface area contributed by atoms with E-state index in [-0.39, 0.29) is 12.5 Å². The minimum Gasteiger partial charge on any atom is -0.493 e. The molecule has 2 rings (SSSR count). The van der Waals surface area contributed by atoms with E-state index in [1.807, 2.05) is 39.0 Å². The van der Waals surface area contributed by atoms with Crippen LogP contribution in [0, 0.1) is 13.8 Å². The fourth-order valence-corrected chi connectivity index (χ4v) is 2.17. The minimum absolute atomic E-state index is 0.0575. The lowest BCUT2D eigenvalue weighted by atomic mass is 10.1. The number of hydrogen-bond donors (Lipinski definition) is 1. The number of carbonyl (C=O) groups excluding carboxylic acids is 1. The Kier molecular flexibility index (Phi) is 6.07. The van der Waals surface area contributed by atoms with Gasteiger partial charge in [-0.15, -0.1) is 0 Å². The fourth-order valence-electron chi connectivity index (χ4n) is 2.17. The molecule has 0 heterocycles. The first-order chi connectivity index (χ1) is 11.5.